The summed E-state index contributed by atoms with van der Waals surface area (Å²) in [5, 5.41) is 13.9. The molecule has 0 aliphatic rings. The second-order valence-corrected chi connectivity index (χ2v) is 21.4. The minimum Gasteiger partial charge on any atom is -0.387 e. The lowest BCUT2D eigenvalue weighted by Gasteiger charge is -2.25. The van der Waals surface area contributed by atoms with Crippen molar-refractivity contribution < 1.29 is 32.9 Å². The van der Waals surface area contributed by atoms with Gasteiger partial charge in [-0.3, -0.25) is 13.8 Å². The molecule has 0 rings (SSSR count). The minimum absolute atomic E-state index is 0.0467. The number of hydrogen-bond donors (Lipinski definition) is 3. The molecule has 9 heteroatoms. The zero-order chi connectivity index (χ0) is 49.2. The maximum atomic E-state index is 12.9. The molecule has 8 nitrogen and oxygen atoms in total. The number of carbonyl (C=O) groups excluding carboxylic acids is 1. The van der Waals surface area contributed by atoms with Gasteiger partial charge in [-0.1, -0.05) is 228 Å². The fourth-order valence-corrected chi connectivity index (χ4v) is 8.53. The van der Waals surface area contributed by atoms with Crippen LogP contribution in [0.5, 0.6) is 0 Å². The monoisotopic (exact) mass is 960 g/mol. The maximum Gasteiger partial charge on any atom is 0.472 e. The first kappa shape index (κ1) is 64.9. The summed E-state index contributed by atoms with van der Waals surface area (Å²) < 4.78 is 23.6. The van der Waals surface area contributed by atoms with Gasteiger partial charge in [-0.2, -0.15) is 0 Å². The number of allylic oxidation sites excluding steroid dienone is 11. The predicted octanol–water partition coefficient (Wildman–Crippen LogP) is 16.7. The van der Waals surface area contributed by atoms with E-state index in [1.165, 1.54) is 135 Å². The van der Waals surface area contributed by atoms with Crippen molar-refractivity contribution in [2.75, 3.05) is 40.9 Å². The second kappa shape index (κ2) is 48.9. The quantitative estimate of drug-likeness (QED) is 0.0243. The summed E-state index contributed by atoms with van der Waals surface area (Å²) in [6.45, 7) is 4.66. The average Bonchev–Trinajstić information content (AvgIpc) is 3.29. The minimum atomic E-state index is -4.36. The molecule has 3 unspecified atom stereocenters. The number of unbranched alkanes of at least 4 members (excludes halogenated alkanes) is 27. The van der Waals surface area contributed by atoms with Gasteiger partial charge in [0.25, 0.3) is 0 Å². The number of phosphoric acid groups is 1. The molecule has 67 heavy (non-hydrogen) atoms. The standard InChI is InChI=1S/C58H107N2O6P/c1-6-8-10-12-14-16-18-20-22-23-24-25-26-27-28-29-30-31-32-33-34-35-36-38-39-41-43-45-47-49-51-57(61)56(55-66-67(63,64)65-54-53-60(3,4)5)59-58(62)52-50-48-46-44-42-40-37-21-19-17-15-13-11-9-7-2/h9,11,15,17,21,35-37,41,43,49,51,56-57,61H,6-8,10,12-14,16,18-20,22-34,38-40,42,44-48,50,52-55H2,1-5H3,(H-,59,62,63,64)/p+1/b11-9-,17-15-,36-35+,37-21-,43-41+,51-49+. The third-order valence-corrected chi connectivity index (χ3v) is 13.1. The molecule has 0 saturated heterocycles. The van der Waals surface area contributed by atoms with E-state index in [4.69, 9.17) is 9.05 Å². The Morgan fingerprint density at radius 3 is 1.37 bits per heavy atom. The fourth-order valence-electron chi connectivity index (χ4n) is 7.79. The molecule has 1 amide bonds. The van der Waals surface area contributed by atoms with Crippen LogP contribution >= 0.6 is 7.82 Å². The first-order valence-electron chi connectivity index (χ1n) is 27.8. The van der Waals surface area contributed by atoms with Crippen LogP contribution in [0.3, 0.4) is 0 Å². The highest BCUT2D eigenvalue weighted by molar-refractivity contribution is 7.47. The molecule has 0 saturated carbocycles. The van der Waals surface area contributed by atoms with Crippen LogP contribution in [-0.4, -0.2) is 73.4 Å². The van der Waals surface area contributed by atoms with Crippen molar-refractivity contribution in [2.24, 2.45) is 0 Å². The summed E-state index contributed by atoms with van der Waals surface area (Å²) >= 11 is 0. The van der Waals surface area contributed by atoms with E-state index in [-0.39, 0.29) is 19.1 Å². The fraction of sp³-hybridized carbons (Fsp3) is 0.776. The predicted molar refractivity (Wildman–Crippen MR) is 290 cm³/mol. The van der Waals surface area contributed by atoms with Crippen molar-refractivity contribution in [3.63, 3.8) is 0 Å². The molecule has 390 valence electrons. The Hall–Kier alpha value is -2.06. The molecule has 0 aromatic rings. The van der Waals surface area contributed by atoms with E-state index in [1.807, 2.05) is 27.2 Å². The van der Waals surface area contributed by atoms with Crippen LogP contribution in [0.15, 0.2) is 72.9 Å². The molecular weight excluding hydrogens is 852 g/mol. The van der Waals surface area contributed by atoms with Crippen LogP contribution in [0.1, 0.15) is 239 Å². The Morgan fingerprint density at radius 1 is 0.522 bits per heavy atom. The third kappa shape index (κ3) is 51.6. The lowest BCUT2D eigenvalue weighted by atomic mass is 10.0. The number of phosphoric ester groups is 1. The number of aliphatic hydroxyl groups excluding tert-OH is 1. The van der Waals surface area contributed by atoms with Gasteiger partial charge in [0.1, 0.15) is 13.2 Å². The Bertz CT molecular complexity index is 1320. The number of amides is 1. The molecule has 0 aromatic carbocycles. The normalized spacial score (nSPS) is 14.6. The summed E-state index contributed by atoms with van der Waals surface area (Å²) in [6.07, 6.45) is 67.4. The van der Waals surface area contributed by atoms with Gasteiger partial charge < -0.3 is 19.8 Å². The van der Waals surface area contributed by atoms with E-state index in [1.54, 1.807) is 6.08 Å². The second-order valence-electron chi connectivity index (χ2n) is 19.9. The number of nitrogens with zero attached hydrogens (tertiary/aromatic N) is 1. The Kier molecular flexibility index (Phi) is 47.4. The number of likely N-dealkylation sites (N-methyl/N-ethyl adjacent to an activating group) is 1. The van der Waals surface area contributed by atoms with Gasteiger partial charge in [0, 0.05) is 6.42 Å². The topological polar surface area (TPSA) is 105 Å². The SMILES string of the molecule is CC/C=C\C/C=C\C/C=C\CCCCCCCC(=O)NC(COP(=O)(O)OCC[N+](C)(C)C)C(O)/C=C/CC/C=C/CC/C=C/CCCCCCCCCCCCCCCCCCCCCC. The maximum absolute atomic E-state index is 12.9. The van der Waals surface area contributed by atoms with Crippen molar-refractivity contribution in [3.8, 4) is 0 Å². The summed E-state index contributed by atoms with van der Waals surface area (Å²) in [5.74, 6) is -0.210. The van der Waals surface area contributed by atoms with E-state index in [0.29, 0.717) is 17.4 Å². The summed E-state index contributed by atoms with van der Waals surface area (Å²) in [7, 11) is 1.53. The molecule has 0 aliphatic heterocycles. The molecule has 0 heterocycles. The van der Waals surface area contributed by atoms with Gasteiger partial charge >= 0.3 is 7.82 Å². The highest BCUT2D eigenvalue weighted by Gasteiger charge is 2.27. The smallest absolute Gasteiger partial charge is 0.387 e. The summed E-state index contributed by atoms with van der Waals surface area (Å²) in [5.41, 5.74) is 0. The lowest BCUT2D eigenvalue weighted by molar-refractivity contribution is -0.870. The van der Waals surface area contributed by atoms with Crippen LogP contribution in [0.4, 0.5) is 0 Å². The molecule has 0 radical (unpaired) electrons. The first-order valence-corrected chi connectivity index (χ1v) is 29.3. The van der Waals surface area contributed by atoms with Crippen LogP contribution in [0, 0.1) is 0 Å². The van der Waals surface area contributed by atoms with Crippen LogP contribution in [-0.2, 0) is 18.4 Å². The molecular formula is C58H108N2O6P+. The zero-order valence-electron chi connectivity index (χ0n) is 44.4. The average molecular weight is 960 g/mol. The van der Waals surface area contributed by atoms with E-state index in [9.17, 15) is 19.4 Å². The van der Waals surface area contributed by atoms with Gasteiger partial charge in [-0.15, -0.1) is 0 Å². The van der Waals surface area contributed by atoms with Crippen molar-refractivity contribution in [1.29, 1.82) is 0 Å². The van der Waals surface area contributed by atoms with Gasteiger partial charge in [0.2, 0.25) is 5.91 Å². The Labute approximate surface area is 414 Å². The van der Waals surface area contributed by atoms with E-state index < -0.39 is 20.0 Å². The largest absolute Gasteiger partial charge is 0.472 e. The van der Waals surface area contributed by atoms with E-state index in [2.05, 4.69) is 79.9 Å². The number of aliphatic hydroxyl groups is 1. The zero-order valence-corrected chi connectivity index (χ0v) is 45.3. The van der Waals surface area contributed by atoms with Crippen LogP contribution < -0.4 is 5.32 Å². The number of carbonyl (C=O) groups is 1. The van der Waals surface area contributed by atoms with Gasteiger partial charge in [-0.25, -0.2) is 4.57 Å². The van der Waals surface area contributed by atoms with Gasteiger partial charge in [0.15, 0.2) is 0 Å². The summed E-state index contributed by atoms with van der Waals surface area (Å²) in [6, 6.07) is -0.883. The molecule has 0 fully saturated rings. The third-order valence-electron chi connectivity index (χ3n) is 12.1. The van der Waals surface area contributed by atoms with Gasteiger partial charge in [-0.05, 0) is 77.0 Å². The summed E-state index contributed by atoms with van der Waals surface area (Å²) in [4.78, 5) is 23.2. The van der Waals surface area contributed by atoms with Crippen molar-refractivity contribution >= 4 is 13.7 Å². The van der Waals surface area contributed by atoms with Crippen LogP contribution in [0.2, 0.25) is 0 Å². The molecule has 3 N–H and O–H groups in total. The van der Waals surface area contributed by atoms with Crippen molar-refractivity contribution in [3.05, 3.63) is 72.9 Å². The molecule has 0 aromatic heterocycles. The van der Waals surface area contributed by atoms with Gasteiger partial charge in [0.05, 0.1) is 39.9 Å². The van der Waals surface area contributed by atoms with Crippen LogP contribution in [0.25, 0.3) is 0 Å². The number of nitrogens with one attached hydrogen (secondary N) is 1. The number of rotatable bonds is 50. The Morgan fingerprint density at radius 2 is 0.910 bits per heavy atom. The highest BCUT2D eigenvalue weighted by Crippen LogP contribution is 2.43. The molecule has 0 spiro atoms. The van der Waals surface area contributed by atoms with Crippen molar-refractivity contribution in [1.82, 2.24) is 5.32 Å². The Balaban J connectivity index is 4.25. The highest BCUT2D eigenvalue weighted by atomic mass is 31.2. The first-order chi connectivity index (χ1) is 32.5. The lowest BCUT2D eigenvalue weighted by Crippen LogP contribution is -2.45. The molecule has 3 atom stereocenters. The van der Waals surface area contributed by atoms with Crippen molar-refractivity contribution in [2.45, 2.75) is 251 Å². The van der Waals surface area contributed by atoms with E-state index in [0.717, 1.165) is 83.5 Å². The van der Waals surface area contributed by atoms with E-state index >= 15 is 0 Å². The molecule has 0 aliphatic carbocycles. The number of hydrogen-bond acceptors (Lipinski definition) is 5. The number of quaternary nitrogens is 1. The molecule has 0 bridgehead atoms.